The molecule has 8 heteroatoms. The molecule has 162 valence electrons. The third kappa shape index (κ3) is 3.67. The van der Waals surface area contributed by atoms with E-state index < -0.39 is 0 Å². The van der Waals surface area contributed by atoms with E-state index in [2.05, 4.69) is 44.5 Å². The second-order valence-electron chi connectivity index (χ2n) is 8.04. The van der Waals surface area contributed by atoms with Gasteiger partial charge in [0.25, 0.3) is 11.5 Å². The SMILES string of the molecule is Cc1c(C(=O)NCc2ccc(N3CCc4ccccc4C3)nc2)sc2ncn(C)c(=O)c12. The van der Waals surface area contributed by atoms with Crippen molar-refractivity contribution in [1.82, 2.24) is 19.9 Å². The van der Waals surface area contributed by atoms with Crippen LogP contribution >= 0.6 is 11.3 Å². The molecule has 0 saturated carbocycles. The first kappa shape index (κ1) is 20.4. The first-order valence-corrected chi connectivity index (χ1v) is 11.3. The number of aryl methyl sites for hydroxylation is 2. The number of fused-ring (bicyclic) bond motifs is 2. The molecule has 4 heterocycles. The van der Waals surface area contributed by atoms with Crippen LogP contribution in [0.3, 0.4) is 0 Å². The van der Waals surface area contributed by atoms with Crippen molar-refractivity contribution in [3.8, 4) is 0 Å². The lowest BCUT2D eigenvalue weighted by molar-refractivity contribution is 0.0954. The Balaban J connectivity index is 1.26. The summed E-state index contributed by atoms with van der Waals surface area (Å²) in [6.07, 6.45) is 4.31. The quantitative estimate of drug-likeness (QED) is 0.522. The summed E-state index contributed by atoms with van der Waals surface area (Å²) in [4.78, 5) is 37.4. The van der Waals surface area contributed by atoms with Gasteiger partial charge in [-0.2, -0.15) is 0 Å². The first-order valence-electron chi connectivity index (χ1n) is 10.5. The summed E-state index contributed by atoms with van der Waals surface area (Å²) in [7, 11) is 1.66. The summed E-state index contributed by atoms with van der Waals surface area (Å²) in [6, 6.07) is 12.5. The summed E-state index contributed by atoms with van der Waals surface area (Å²) in [5, 5.41) is 3.46. The smallest absolute Gasteiger partial charge is 0.262 e. The van der Waals surface area contributed by atoms with E-state index in [0.29, 0.717) is 27.2 Å². The summed E-state index contributed by atoms with van der Waals surface area (Å²) in [5.41, 5.74) is 4.22. The van der Waals surface area contributed by atoms with Crippen LogP contribution in [-0.2, 0) is 26.6 Å². The third-order valence-electron chi connectivity index (χ3n) is 5.93. The Morgan fingerprint density at radius 2 is 1.97 bits per heavy atom. The number of benzene rings is 1. The molecule has 32 heavy (non-hydrogen) atoms. The van der Waals surface area contributed by atoms with Crippen molar-refractivity contribution in [3.63, 3.8) is 0 Å². The molecule has 1 aliphatic rings. The van der Waals surface area contributed by atoms with Gasteiger partial charge < -0.3 is 14.8 Å². The highest BCUT2D eigenvalue weighted by molar-refractivity contribution is 7.20. The van der Waals surface area contributed by atoms with Crippen LogP contribution in [0.4, 0.5) is 5.82 Å². The number of rotatable bonds is 4. The number of pyridine rings is 1. The second-order valence-corrected chi connectivity index (χ2v) is 9.04. The molecule has 0 atom stereocenters. The normalized spacial score (nSPS) is 13.2. The minimum atomic E-state index is -0.204. The summed E-state index contributed by atoms with van der Waals surface area (Å²) < 4.78 is 1.43. The number of nitrogens with one attached hydrogen (secondary N) is 1. The number of amides is 1. The van der Waals surface area contributed by atoms with Gasteiger partial charge in [0, 0.05) is 32.9 Å². The third-order valence-corrected chi connectivity index (χ3v) is 7.13. The molecular weight excluding hydrogens is 422 g/mol. The molecule has 0 bridgehead atoms. The van der Waals surface area contributed by atoms with Gasteiger partial charge in [0.2, 0.25) is 0 Å². The average Bonchev–Trinajstić information content (AvgIpc) is 3.17. The maximum atomic E-state index is 12.8. The minimum absolute atomic E-state index is 0.136. The van der Waals surface area contributed by atoms with Gasteiger partial charge in [-0.1, -0.05) is 30.3 Å². The lowest BCUT2D eigenvalue weighted by Crippen LogP contribution is -2.31. The van der Waals surface area contributed by atoms with Gasteiger partial charge in [-0.05, 0) is 41.7 Å². The molecule has 1 aliphatic heterocycles. The largest absolute Gasteiger partial charge is 0.352 e. The molecule has 1 amide bonds. The molecule has 0 aliphatic carbocycles. The van der Waals surface area contributed by atoms with E-state index in [0.717, 1.165) is 30.9 Å². The van der Waals surface area contributed by atoms with Crippen LogP contribution in [0, 0.1) is 6.92 Å². The number of carbonyl (C=O) groups excluding carboxylic acids is 1. The summed E-state index contributed by atoms with van der Waals surface area (Å²) in [6.45, 7) is 3.97. The Hall–Kier alpha value is -3.52. The van der Waals surface area contributed by atoms with Crippen molar-refractivity contribution < 1.29 is 4.79 Å². The zero-order valence-electron chi connectivity index (χ0n) is 18.0. The maximum absolute atomic E-state index is 12.8. The Morgan fingerprint density at radius 1 is 1.16 bits per heavy atom. The molecule has 1 N–H and O–H groups in total. The number of anilines is 1. The van der Waals surface area contributed by atoms with E-state index >= 15 is 0 Å². The van der Waals surface area contributed by atoms with Crippen molar-refractivity contribution >= 4 is 33.3 Å². The number of thiophene rings is 1. The number of hydrogen-bond donors (Lipinski definition) is 1. The van der Waals surface area contributed by atoms with Crippen molar-refractivity contribution in [2.24, 2.45) is 7.05 Å². The van der Waals surface area contributed by atoms with E-state index in [1.54, 1.807) is 14.0 Å². The first-order chi connectivity index (χ1) is 15.5. The predicted octanol–water partition coefficient (Wildman–Crippen LogP) is 3.19. The van der Waals surface area contributed by atoms with Gasteiger partial charge in [-0.25, -0.2) is 9.97 Å². The fourth-order valence-electron chi connectivity index (χ4n) is 4.09. The van der Waals surface area contributed by atoms with Crippen molar-refractivity contribution in [1.29, 1.82) is 0 Å². The fourth-order valence-corrected chi connectivity index (χ4v) is 5.14. The second kappa shape index (κ2) is 8.20. The molecular formula is C24H23N5O2S. The highest BCUT2D eigenvalue weighted by atomic mass is 32.1. The topological polar surface area (TPSA) is 80.1 Å². The Kier molecular flexibility index (Phi) is 5.22. The van der Waals surface area contributed by atoms with Gasteiger partial charge in [-0.15, -0.1) is 11.3 Å². The number of hydrogen-bond acceptors (Lipinski definition) is 6. The Morgan fingerprint density at radius 3 is 2.75 bits per heavy atom. The molecule has 0 radical (unpaired) electrons. The van der Waals surface area contributed by atoms with Crippen LogP contribution < -0.4 is 15.8 Å². The summed E-state index contributed by atoms with van der Waals surface area (Å²) in [5.74, 6) is 0.737. The predicted molar refractivity (Wildman–Crippen MR) is 126 cm³/mol. The van der Waals surface area contributed by atoms with E-state index in [1.807, 2.05) is 18.3 Å². The lowest BCUT2D eigenvalue weighted by atomic mass is 10.00. The molecule has 0 fully saturated rings. The van der Waals surface area contributed by atoms with Gasteiger partial charge >= 0.3 is 0 Å². The van der Waals surface area contributed by atoms with Crippen LogP contribution in [-0.4, -0.2) is 27.0 Å². The number of nitrogens with zero attached hydrogens (tertiary/aromatic N) is 4. The van der Waals surface area contributed by atoms with Crippen LogP contribution in [0.5, 0.6) is 0 Å². The highest BCUT2D eigenvalue weighted by Gasteiger charge is 2.19. The van der Waals surface area contributed by atoms with Crippen molar-refractivity contribution in [2.45, 2.75) is 26.4 Å². The van der Waals surface area contributed by atoms with E-state index in [-0.39, 0.29) is 11.5 Å². The zero-order valence-corrected chi connectivity index (χ0v) is 18.8. The fraction of sp³-hybridized carbons (Fsp3) is 0.250. The van der Waals surface area contributed by atoms with Crippen LogP contribution in [0.2, 0.25) is 0 Å². The Bertz CT molecular complexity index is 1370. The van der Waals surface area contributed by atoms with E-state index in [9.17, 15) is 9.59 Å². The monoisotopic (exact) mass is 445 g/mol. The summed E-state index contributed by atoms with van der Waals surface area (Å²) >= 11 is 1.25. The molecule has 7 nitrogen and oxygen atoms in total. The molecule has 0 spiro atoms. The molecule has 4 aromatic rings. The highest BCUT2D eigenvalue weighted by Crippen LogP contribution is 2.27. The van der Waals surface area contributed by atoms with Gasteiger partial charge in [0.05, 0.1) is 16.6 Å². The van der Waals surface area contributed by atoms with Crippen LogP contribution in [0.15, 0.2) is 53.7 Å². The molecule has 0 unspecified atom stereocenters. The van der Waals surface area contributed by atoms with Crippen molar-refractivity contribution in [2.75, 3.05) is 11.4 Å². The Labute approximate surface area is 189 Å². The molecule has 1 aromatic carbocycles. The van der Waals surface area contributed by atoms with Gasteiger partial charge in [-0.3, -0.25) is 9.59 Å². The average molecular weight is 446 g/mol. The maximum Gasteiger partial charge on any atom is 0.262 e. The lowest BCUT2D eigenvalue weighted by Gasteiger charge is -2.29. The van der Waals surface area contributed by atoms with Crippen LogP contribution in [0.25, 0.3) is 10.2 Å². The molecule has 3 aromatic heterocycles. The van der Waals surface area contributed by atoms with Crippen molar-refractivity contribution in [3.05, 3.63) is 86.4 Å². The van der Waals surface area contributed by atoms with Gasteiger partial charge in [0.1, 0.15) is 10.6 Å². The van der Waals surface area contributed by atoms with E-state index in [4.69, 9.17) is 0 Å². The van der Waals surface area contributed by atoms with Crippen LogP contribution in [0.1, 0.15) is 31.9 Å². The standard InChI is InChI=1S/C24H23N5O2S/c1-15-20-23(27-14-28(2)24(20)31)32-21(15)22(30)26-12-16-7-8-19(25-11-16)29-10-9-17-5-3-4-6-18(17)13-29/h3-8,11,14H,9-10,12-13H2,1-2H3,(H,26,30). The van der Waals surface area contributed by atoms with E-state index in [1.165, 1.54) is 33.4 Å². The number of carbonyl (C=O) groups is 1. The number of aromatic nitrogens is 3. The van der Waals surface area contributed by atoms with Gasteiger partial charge in [0.15, 0.2) is 0 Å². The molecule has 5 rings (SSSR count). The minimum Gasteiger partial charge on any atom is -0.352 e. The molecule has 0 saturated heterocycles. The zero-order chi connectivity index (χ0) is 22.2.